The normalized spacial score (nSPS) is 10.1. The highest BCUT2D eigenvalue weighted by Crippen LogP contribution is 2.25. The van der Waals surface area contributed by atoms with Crippen LogP contribution in [0.25, 0.3) is 0 Å². The molecule has 0 saturated heterocycles. The second kappa shape index (κ2) is 8.71. The molecule has 0 unspecified atom stereocenters. The van der Waals surface area contributed by atoms with E-state index in [9.17, 15) is 13.6 Å². The second-order valence-electron chi connectivity index (χ2n) is 4.71. The average Bonchev–Trinajstić information content (AvgIpc) is 2.60. The summed E-state index contributed by atoms with van der Waals surface area (Å²) < 4.78 is 41.5. The fourth-order valence-corrected chi connectivity index (χ4v) is 1.86. The van der Waals surface area contributed by atoms with E-state index in [-0.39, 0.29) is 25.5 Å². The van der Waals surface area contributed by atoms with Crippen molar-refractivity contribution in [2.45, 2.75) is 0 Å². The SMILES string of the molecule is COc1ccccc1OCCNC(=O)COc1ccc(F)c(F)c1. The Bertz CT molecular complexity index is 694. The predicted molar refractivity (Wildman–Crippen MR) is 83.4 cm³/mol. The molecule has 0 aliphatic rings. The van der Waals surface area contributed by atoms with Crippen molar-refractivity contribution in [3.05, 3.63) is 54.1 Å². The van der Waals surface area contributed by atoms with Gasteiger partial charge in [-0.05, 0) is 24.3 Å². The van der Waals surface area contributed by atoms with Crippen LogP contribution in [0.3, 0.4) is 0 Å². The van der Waals surface area contributed by atoms with E-state index in [0.29, 0.717) is 11.5 Å². The van der Waals surface area contributed by atoms with Crippen LogP contribution in [0.5, 0.6) is 17.2 Å². The van der Waals surface area contributed by atoms with Gasteiger partial charge in [0.2, 0.25) is 0 Å². The Labute approximate surface area is 138 Å². The zero-order chi connectivity index (χ0) is 17.4. The minimum absolute atomic E-state index is 0.0781. The van der Waals surface area contributed by atoms with E-state index in [1.165, 1.54) is 6.07 Å². The van der Waals surface area contributed by atoms with E-state index >= 15 is 0 Å². The highest BCUT2D eigenvalue weighted by atomic mass is 19.2. The monoisotopic (exact) mass is 337 g/mol. The van der Waals surface area contributed by atoms with Crippen molar-refractivity contribution in [3.8, 4) is 17.2 Å². The molecule has 7 heteroatoms. The Morgan fingerprint density at radius 3 is 2.50 bits per heavy atom. The molecule has 0 aromatic heterocycles. The summed E-state index contributed by atoms with van der Waals surface area (Å²) in [6, 6.07) is 10.2. The van der Waals surface area contributed by atoms with Crippen LogP contribution >= 0.6 is 0 Å². The quantitative estimate of drug-likeness (QED) is 0.752. The molecule has 0 heterocycles. The van der Waals surface area contributed by atoms with Crippen LogP contribution in [0.15, 0.2) is 42.5 Å². The summed E-state index contributed by atoms with van der Waals surface area (Å²) in [6.45, 7) is 0.203. The van der Waals surface area contributed by atoms with Crippen molar-refractivity contribution in [3.63, 3.8) is 0 Å². The van der Waals surface area contributed by atoms with E-state index in [4.69, 9.17) is 14.2 Å². The molecule has 5 nitrogen and oxygen atoms in total. The van der Waals surface area contributed by atoms with Gasteiger partial charge in [0, 0.05) is 6.07 Å². The number of methoxy groups -OCH3 is 1. The molecule has 24 heavy (non-hydrogen) atoms. The number of carbonyl (C=O) groups is 1. The summed E-state index contributed by atoms with van der Waals surface area (Å²) in [7, 11) is 1.54. The molecule has 1 N–H and O–H groups in total. The van der Waals surface area contributed by atoms with Crippen molar-refractivity contribution in [1.82, 2.24) is 5.32 Å². The molecular weight excluding hydrogens is 320 g/mol. The van der Waals surface area contributed by atoms with E-state index in [0.717, 1.165) is 12.1 Å². The van der Waals surface area contributed by atoms with E-state index in [1.54, 1.807) is 19.2 Å². The summed E-state index contributed by atoms with van der Waals surface area (Å²) in [4.78, 5) is 11.6. The Balaban J connectivity index is 1.69. The molecule has 128 valence electrons. The van der Waals surface area contributed by atoms with Crippen LogP contribution in [-0.2, 0) is 4.79 Å². The highest BCUT2D eigenvalue weighted by molar-refractivity contribution is 5.77. The number of carbonyl (C=O) groups excluding carboxylic acids is 1. The Morgan fingerprint density at radius 2 is 1.79 bits per heavy atom. The van der Waals surface area contributed by atoms with Gasteiger partial charge in [0.1, 0.15) is 12.4 Å². The topological polar surface area (TPSA) is 56.8 Å². The lowest BCUT2D eigenvalue weighted by Gasteiger charge is -2.11. The minimum Gasteiger partial charge on any atom is -0.493 e. The van der Waals surface area contributed by atoms with Gasteiger partial charge >= 0.3 is 0 Å². The van der Waals surface area contributed by atoms with E-state index in [2.05, 4.69) is 5.32 Å². The molecule has 0 radical (unpaired) electrons. The zero-order valence-corrected chi connectivity index (χ0v) is 13.1. The molecule has 2 rings (SSSR count). The number of halogens is 2. The molecule has 0 spiro atoms. The number of para-hydroxylation sites is 2. The van der Waals surface area contributed by atoms with Gasteiger partial charge in [-0.25, -0.2) is 8.78 Å². The molecule has 1 amide bonds. The van der Waals surface area contributed by atoms with Crippen molar-refractivity contribution in [2.24, 2.45) is 0 Å². The number of hydrogen-bond donors (Lipinski definition) is 1. The third kappa shape index (κ3) is 5.12. The van der Waals surface area contributed by atoms with Gasteiger partial charge < -0.3 is 19.5 Å². The van der Waals surface area contributed by atoms with Gasteiger partial charge in [-0.15, -0.1) is 0 Å². The van der Waals surface area contributed by atoms with Crippen molar-refractivity contribution in [2.75, 3.05) is 26.9 Å². The van der Waals surface area contributed by atoms with Gasteiger partial charge in [-0.1, -0.05) is 12.1 Å². The molecule has 0 aliphatic carbocycles. The van der Waals surface area contributed by atoms with Crippen molar-refractivity contribution >= 4 is 5.91 Å². The average molecular weight is 337 g/mol. The van der Waals surface area contributed by atoms with Gasteiger partial charge in [0.15, 0.2) is 29.7 Å². The fourth-order valence-electron chi connectivity index (χ4n) is 1.86. The van der Waals surface area contributed by atoms with Gasteiger partial charge in [0.25, 0.3) is 5.91 Å². The van der Waals surface area contributed by atoms with E-state index < -0.39 is 17.5 Å². The first-order chi connectivity index (χ1) is 11.6. The predicted octanol–water partition coefficient (Wildman–Crippen LogP) is 2.55. The molecule has 0 aliphatic heterocycles. The van der Waals surface area contributed by atoms with Crippen LogP contribution in [0.2, 0.25) is 0 Å². The van der Waals surface area contributed by atoms with Crippen LogP contribution in [0.1, 0.15) is 0 Å². The maximum Gasteiger partial charge on any atom is 0.258 e. The largest absolute Gasteiger partial charge is 0.493 e. The van der Waals surface area contributed by atoms with E-state index in [1.807, 2.05) is 12.1 Å². The lowest BCUT2D eigenvalue weighted by atomic mass is 10.3. The minimum atomic E-state index is -1.03. The van der Waals surface area contributed by atoms with Crippen molar-refractivity contribution < 1.29 is 27.8 Å². The molecule has 2 aromatic carbocycles. The second-order valence-corrected chi connectivity index (χ2v) is 4.71. The van der Waals surface area contributed by atoms with Gasteiger partial charge in [0.05, 0.1) is 13.7 Å². The maximum atomic E-state index is 13.0. The molecule has 0 atom stereocenters. The summed E-state index contributed by atoms with van der Waals surface area (Å²) in [5, 5.41) is 2.59. The lowest BCUT2D eigenvalue weighted by Crippen LogP contribution is -2.32. The Morgan fingerprint density at radius 1 is 1.04 bits per heavy atom. The standard InChI is InChI=1S/C17H17F2NO4/c1-22-15-4-2-3-5-16(15)23-9-8-20-17(21)11-24-12-6-7-13(18)14(19)10-12/h2-7,10H,8-9,11H2,1H3,(H,20,21). The maximum absolute atomic E-state index is 13.0. The molecule has 0 bridgehead atoms. The Hall–Kier alpha value is -2.83. The number of benzene rings is 2. The zero-order valence-electron chi connectivity index (χ0n) is 13.1. The molecule has 0 saturated carbocycles. The summed E-state index contributed by atoms with van der Waals surface area (Å²) in [6.07, 6.45) is 0. The first-order valence-corrected chi connectivity index (χ1v) is 7.20. The summed E-state index contributed by atoms with van der Waals surface area (Å²) in [5.41, 5.74) is 0. The number of rotatable bonds is 8. The highest BCUT2D eigenvalue weighted by Gasteiger charge is 2.07. The Kier molecular flexibility index (Phi) is 6.36. The van der Waals surface area contributed by atoms with Crippen LogP contribution < -0.4 is 19.5 Å². The molecule has 2 aromatic rings. The first-order valence-electron chi connectivity index (χ1n) is 7.20. The number of hydrogen-bond acceptors (Lipinski definition) is 4. The fraction of sp³-hybridized carbons (Fsp3) is 0.235. The summed E-state index contributed by atoms with van der Waals surface area (Å²) >= 11 is 0. The van der Waals surface area contributed by atoms with Crippen LogP contribution in [0.4, 0.5) is 8.78 Å². The summed E-state index contributed by atoms with van der Waals surface area (Å²) in [5.74, 6) is -1.14. The molecular formula is C17H17F2NO4. The van der Waals surface area contributed by atoms with Crippen molar-refractivity contribution in [1.29, 1.82) is 0 Å². The number of ether oxygens (including phenoxy) is 3. The molecule has 0 fully saturated rings. The van der Waals surface area contributed by atoms with Gasteiger partial charge in [-0.2, -0.15) is 0 Å². The smallest absolute Gasteiger partial charge is 0.258 e. The van der Waals surface area contributed by atoms with Gasteiger partial charge in [-0.3, -0.25) is 4.79 Å². The van der Waals surface area contributed by atoms with Crippen LogP contribution in [-0.4, -0.2) is 32.8 Å². The third-order valence-corrected chi connectivity index (χ3v) is 3.01. The van der Waals surface area contributed by atoms with Crippen LogP contribution in [0, 0.1) is 11.6 Å². The third-order valence-electron chi connectivity index (χ3n) is 3.01. The first kappa shape index (κ1) is 17.5. The lowest BCUT2D eigenvalue weighted by molar-refractivity contribution is -0.123. The number of nitrogens with one attached hydrogen (secondary N) is 1. The number of amides is 1.